The van der Waals surface area contributed by atoms with E-state index >= 15 is 0 Å². The summed E-state index contributed by atoms with van der Waals surface area (Å²) in [5.74, 6) is 0.530. The Morgan fingerprint density at radius 1 is 1.20 bits per heavy atom. The maximum atomic E-state index is 11.6. The van der Waals surface area contributed by atoms with Crippen molar-refractivity contribution in [3.05, 3.63) is 52.5 Å². The molecule has 0 aliphatic rings. The number of ether oxygens (including phenoxy) is 2. The number of carbonyl (C=O) groups is 1. The van der Waals surface area contributed by atoms with Crippen LogP contribution >= 0.6 is 11.6 Å². The maximum absolute atomic E-state index is 11.6. The van der Waals surface area contributed by atoms with Crippen molar-refractivity contribution >= 4 is 23.3 Å². The predicted molar refractivity (Wildman–Crippen MR) is 78.5 cm³/mol. The van der Waals surface area contributed by atoms with Crippen LogP contribution in [0, 0.1) is 6.92 Å². The lowest BCUT2D eigenvalue weighted by molar-refractivity contribution is 0.0601. The van der Waals surface area contributed by atoms with Gasteiger partial charge >= 0.3 is 5.97 Å². The van der Waals surface area contributed by atoms with Gasteiger partial charge in [0, 0.05) is 5.02 Å². The molecule has 5 heteroatoms. The molecule has 0 spiro atoms. The standard InChI is InChI=1S/C15H14ClNO3/c1-9-8-10(16)6-7-12(9)20-13-5-3-4-11(14(13)17)15(18)19-2/h3-8H,17H2,1-2H3. The van der Waals surface area contributed by atoms with E-state index in [0.717, 1.165) is 5.56 Å². The molecule has 0 amide bonds. The number of anilines is 1. The second kappa shape index (κ2) is 5.84. The number of rotatable bonds is 3. The Bertz CT molecular complexity index is 656. The van der Waals surface area contributed by atoms with Gasteiger partial charge in [0.15, 0.2) is 5.75 Å². The molecule has 20 heavy (non-hydrogen) atoms. The Labute approximate surface area is 122 Å². The highest BCUT2D eigenvalue weighted by molar-refractivity contribution is 6.30. The Morgan fingerprint density at radius 2 is 1.95 bits per heavy atom. The van der Waals surface area contributed by atoms with Crippen molar-refractivity contribution in [2.45, 2.75) is 6.92 Å². The van der Waals surface area contributed by atoms with Gasteiger partial charge in [-0.2, -0.15) is 0 Å². The Kier molecular flexibility index (Phi) is 4.15. The van der Waals surface area contributed by atoms with Crippen molar-refractivity contribution in [3.63, 3.8) is 0 Å². The van der Waals surface area contributed by atoms with Gasteiger partial charge in [0.25, 0.3) is 0 Å². The Balaban J connectivity index is 2.37. The highest BCUT2D eigenvalue weighted by atomic mass is 35.5. The highest BCUT2D eigenvalue weighted by Gasteiger charge is 2.14. The maximum Gasteiger partial charge on any atom is 0.340 e. The molecule has 0 aliphatic carbocycles. The first-order chi connectivity index (χ1) is 9.52. The van der Waals surface area contributed by atoms with Gasteiger partial charge in [0.05, 0.1) is 18.4 Å². The number of nitrogen functional groups attached to an aromatic ring is 1. The number of nitrogens with two attached hydrogens (primary N) is 1. The van der Waals surface area contributed by atoms with E-state index in [9.17, 15) is 4.79 Å². The number of carbonyl (C=O) groups excluding carboxylic acids is 1. The van der Waals surface area contributed by atoms with E-state index < -0.39 is 5.97 Å². The number of methoxy groups -OCH3 is 1. The minimum atomic E-state index is -0.499. The minimum Gasteiger partial charge on any atom is -0.465 e. The lowest BCUT2D eigenvalue weighted by atomic mass is 10.1. The first-order valence-electron chi connectivity index (χ1n) is 5.93. The van der Waals surface area contributed by atoms with Crippen LogP contribution in [0.3, 0.4) is 0 Å². The summed E-state index contributed by atoms with van der Waals surface area (Å²) in [6.45, 7) is 1.88. The topological polar surface area (TPSA) is 61.5 Å². The molecule has 104 valence electrons. The first-order valence-corrected chi connectivity index (χ1v) is 6.31. The summed E-state index contributed by atoms with van der Waals surface area (Å²) in [7, 11) is 1.30. The van der Waals surface area contributed by atoms with Gasteiger partial charge in [-0.15, -0.1) is 0 Å². The number of hydrogen-bond donors (Lipinski definition) is 1. The van der Waals surface area contributed by atoms with E-state index in [2.05, 4.69) is 4.74 Å². The molecule has 0 unspecified atom stereocenters. The van der Waals surface area contributed by atoms with Crippen molar-refractivity contribution in [1.82, 2.24) is 0 Å². The second-order valence-electron chi connectivity index (χ2n) is 4.22. The Morgan fingerprint density at radius 3 is 2.60 bits per heavy atom. The van der Waals surface area contributed by atoms with E-state index in [1.165, 1.54) is 7.11 Å². The van der Waals surface area contributed by atoms with Crippen molar-refractivity contribution in [3.8, 4) is 11.5 Å². The highest BCUT2D eigenvalue weighted by Crippen LogP contribution is 2.32. The summed E-state index contributed by atoms with van der Waals surface area (Å²) in [6.07, 6.45) is 0. The molecule has 0 saturated heterocycles. The summed E-state index contributed by atoms with van der Waals surface area (Å²) in [5, 5.41) is 0.631. The fourth-order valence-electron chi connectivity index (χ4n) is 1.77. The number of halogens is 1. The summed E-state index contributed by atoms with van der Waals surface area (Å²) >= 11 is 5.90. The molecule has 2 aromatic rings. The summed E-state index contributed by atoms with van der Waals surface area (Å²) < 4.78 is 10.4. The number of aryl methyl sites for hydroxylation is 1. The van der Waals surface area contributed by atoms with E-state index in [1.54, 1.807) is 36.4 Å². The van der Waals surface area contributed by atoms with Crippen molar-refractivity contribution in [2.75, 3.05) is 12.8 Å². The normalized spacial score (nSPS) is 10.2. The average molecular weight is 292 g/mol. The molecule has 2 N–H and O–H groups in total. The number of para-hydroxylation sites is 1. The molecule has 0 bridgehead atoms. The third-order valence-electron chi connectivity index (χ3n) is 2.83. The zero-order valence-electron chi connectivity index (χ0n) is 11.1. The van der Waals surface area contributed by atoms with Crippen LogP contribution in [-0.4, -0.2) is 13.1 Å². The van der Waals surface area contributed by atoms with Crippen LogP contribution in [0.4, 0.5) is 5.69 Å². The lowest BCUT2D eigenvalue weighted by Crippen LogP contribution is -2.06. The largest absolute Gasteiger partial charge is 0.465 e. The molecule has 0 atom stereocenters. The average Bonchev–Trinajstić information content (AvgIpc) is 2.43. The third-order valence-corrected chi connectivity index (χ3v) is 3.06. The van der Waals surface area contributed by atoms with Gasteiger partial charge in [-0.3, -0.25) is 0 Å². The van der Waals surface area contributed by atoms with E-state index in [1.807, 2.05) is 6.92 Å². The summed E-state index contributed by atoms with van der Waals surface area (Å²) in [4.78, 5) is 11.6. The molecule has 2 aromatic carbocycles. The first kappa shape index (κ1) is 14.2. The van der Waals surface area contributed by atoms with E-state index in [-0.39, 0.29) is 11.3 Å². The van der Waals surface area contributed by atoms with Crippen LogP contribution in [0.2, 0.25) is 5.02 Å². The zero-order valence-corrected chi connectivity index (χ0v) is 11.9. The molecular weight excluding hydrogens is 278 g/mol. The molecule has 0 heterocycles. The second-order valence-corrected chi connectivity index (χ2v) is 4.66. The van der Waals surface area contributed by atoms with Crippen molar-refractivity contribution in [2.24, 2.45) is 0 Å². The SMILES string of the molecule is COC(=O)c1cccc(Oc2ccc(Cl)cc2C)c1N. The molecule has 0 radical (unpaired) electrons. The van der Waals surface area contributed by atoms with Gasteiger partial charge in [-0.05, 0) is 42.8 Å². The van der Waals surface area contributed by atoms with Crippen LogP contribution in [0.5, 0.6) is 11.5 Å². The van der Waals surface area contributed by atoms with Crippen LogP contribution in [0.25, 0.3) is 0 Å². The van der Waals surface area contributed by atoms with Gasteiger partial charge in [0.1, 0.15) is 5.75 Å². The van der Waals surface area contributed by atoms with Crippen LogP contribution in [-0.2, 0) is 4.74 Å². The third kappa shape index (κ3) is 2.86. The van der Waals surface area contributed by atoms with E-state index in [0.29, 0.717) is 16.5 Å². The predicted octanol–water partition coefficient (Wildman–Crippen LogP) is 3.81. The zero-order chi connectivity index (χ0) is 14.7. The van der Waals surface area contributed by atoms with Crippen molar-refractivity contribution < 1.29 is 14.3 Å². The molecule has 2 rings (SSSR count). The summed E-state index contributed by atoms with van der Waals surface area (Å²) in [6, 6.07) is 10.2. The monoisotopic (exact) mass is 291 g/mol. The van der Waals surface area contributed by atoms with E-state index in [4.69, 9.17) is 22.1 Å². The van der Waals surface area contributed by atoms with Gasteiger partial charge in [0.2, 0.25) is 0 Å². The van der Waals surface area contributed by atoms with Gasteiger partial charge < -0.3 is 15.2 Å². The van der Waals surface area contributed by atoms with Crippen molar-refractivity contribution in [1.29, 1.82) is 0 Å². The quantitative estimate of drug-likeness (QED) is 0.690. The lowest BCUT2D eigenvalue weighted by Gasteiger charge is -2.12. The molecule has 0 aromatic heterocycles. The van der Waals surface area contributed by atoms with Crippen LogP contribution < -0.4 is 10.5 Å². The molecule has 0 aliphatic heterocycles. The van der Waals surface area contributed by atoms with Gasteiger partial charge in [-0.25, -0.2) is 4.79 Å². The Hall–Kier alpha value is -2.20. The number of benzene rings is 2. The fraction of sp³-hybridized carbons (Fsp3) is 0.133. The smallest absolute Gasteiger partial charge is 0.340 e. The fourth-order valence-corrected chi connectivity index (χ4v) is 1.99. The molecular formula is C15H14ClNO3. The van der Waals surface area contributed by atoms with Gasteiger partial charge in [-0.1, -0.05) is 17.7 Å². The molecule has 4 nitrogen and oxygen atoms in total. The van der Waals surface area contributed by atoms with Crippen LogP contribution in [0.15, 0.2) is 36.4 Å². The number of hydrogen-bond acceptors (Lipinski definition) is 4. The minimum absolute atomic E-state index is 0.244. The summed E-state index contributed by atoms with van der Waals surface area (Å²) in [5.41, 5.74) is 7.33. The number of esters is 1. The van der Waals surface area contributed by atoms with Crippen LogP contribution in [0.1, 0.15) is 15.9 Å². The molecule has 0 saturated carbocycles. The molecule has 0 fully saturated rings.